The Bertz CT molecular complexity index is 789. The van der Waals surface area contributed by atoms with Gasteiger partial charge in [-0.1, -0.05) is 28.8 Å². The van der Waals surface area contributed by atoms with Crippen LogP contribution in [0.4, 0.5) is 0 Å². The zero-order chi connectivity index (χ0) is 13.9. The molecule has 0 N–H and O–H groups in total. The van der Waals surface area contributed by atoms with Crippen LogP contribution in [0.25, 0.3) is 23.0 Å². The SMILES string of the molecule is [B]c1cccc(-c2nc(-c3ccc(C#N)cn3)no2)c1. The van der Waals surface area contributed by atoms with Crippen LogP contribution in [-0.4, -0.2) is 23.0 Å². The predicted molar refractivity (Wildman–Crippen MR) is 73.1 cm³/mol. The van der Waals surface area contributed by atoms with Gasteiger partial charge in [-0.3, -0.25) is 4.98 Å². The van der Waals surface area contributed by atoms with Crippen LogP contribution >= 0.6 is 0 Å². The molecule has 0 spiro atoms. The lowest BCUT2D eigenvalue weighted by molar-refractivity contribution is 0.432. The minimum absolute atomic E-state index is 0.368. The van der Waals surface area contributed by atoms with Crippen LogP contribution in [0.5, 0.6) is 0 Å². The third-order valence-electron chi connectivity index (χ3n) is 2.68. The molecule has 2 radical (unpaired) electrons. The molecule has 2 aromatic heterocycles. The van der Waals surface area contributed by atoms with Gasteiger partial charge in [0.15, 0.2) is 0 Å². The second-order valence-electron chi connectivity index (χ2n) is 4.09. The van der Waals surface area contributed by atoms with E-state index in [2.05, 4.69) is 15.1 Å². The predicted octanol–water partition coefficient (Wildman–Crippen LogP) is 1.46. The molecule has 20 heavy (non-hydrogen) atoms. The van der Waals surface area contributed by atoms with Crippen molar-refractivity contribution in [1.29, 1.82) is 5.26 Å². The fourth-order valence-electron chi connectivity index (χ4n) is 1.71. The van der Waals surface area contributed by atoms with Gasteiger partial charge in [0.2, 0.25) is 5.82 Å². The van der Waals surface area contributed by atoms with E-state index in [4.69, 9.17) is 17.6 Å². The Kier molecular flexibility index (Phi) is 3.02. The highest BCUT2D eigenvalue weighted by molar-refractivity contribution is 6.32. The number of benzene rings is 1. The van der Waals surface area contributed by atoms with Crippen molar-refractivity contribution in [3.63, 3.8) is 0 Å². The Morgan fingerprint density at radius 2 is 2.10 bits per heavy atom. The lowest BCUT2D eigenvalue weighted by Gasteiger charge is -1.95. The van der Waals surface area contributed by atoms with E-state index in [1.807, 2.05) is 18.2 Å². The summed E-state index contributed by atoms with van der Waals surface area (Å²) in [5.41, 5.74) is 2.40. The van der Waals surface area contributed by atoms with E-state index >= 15 is 0 Å². The molecule has 6 heteroatoms. The molecule has 0 aliphatic rings. The van der Waals surface area contributed by atoms with Crippen molar-refractivity contribution in [2.24, 2.45) is 0 Å². The van der Waals surface area contributed by atoms with E-state index in [0.717, 1.165) is 5.56 Å². The van der Waals surface area contributed by atoms with Gasteiger partial charge in [0.05, 0.1) is 5.56 Å². The summed E-state index contributed by atoms with van der Waals surface area (Å²) in [5, 5.41) is 12.6. The van der Waals surface area contributed by atoms with E-state index in [0.29, 0.717) is 28.4 Å². The van der Waals surface area contributed by atoms with Gasteiger partial charge in [-0.15, -0.1) is 0 Å². The maximum atomic E-state index is 8.73. The molecule has 0 atom stereocenters. The monoisotopic (exact) mass is 258 g/mol. The van der Waals surface area contributed by atoms with Crippen molar-refractivity contribution in [1.82, 2.24) is 15.1 Å². The molecule has 0 saturated carbocycles. The van der Waals surface area contributed by atoms with Gasteiger partial charge in [-0.25, -0.2) is 0 Å². The Morgan fingerprint density at radius 3 is 2.80 bits per heavy atom. The Labute approximate surface area is 116 Å². The van der Waals surface area contributed by atoms with Crippen molar-refractivity contribution in [2.75, 3.05) is 0 Å². The fourth-order valence-corrected chi connectivity index (χ4v) is 1.71. The van der Waals surface area contributed by atoms with Crippen molar-refractivity contribution in [3.05, 3.63) is 48.2 Å². The van der Waals surface area contributed by atoms with Gasteiger partial charge in [0, 0.05) is 11.8 Å². The molecule has 0 fully saturated rings. The van der Waals surface area contributed by atoms with Gasteiger partial charge in [0.1, 0.15) is 19.6 Å². The number of pyridine rings is 1. The first kappa shape index (κ1) is 12.1. The molecule has 0 unspecified atom stereocenters. The average molecular weight is 258 g/mol. The zero-order valence-corrected chi connectivity index (χ0v) is 10.3. The zero-order valence-electron chi connectivity index (χ0n) is 10.3. The summed E-state index contributed by atoms with van der Waals surface area (Å²) in [6, 6.07) is 12.5. The third kappa shape index (κ3) is 2.29. The number of aromatic nitrogens is 3. The first-order chi connectivity index (χ1) is 9.76. The normalized spacial score (nSPS) is 10.2. The van der Waals surface area contributed by atoms with E-state index in [1.165, 1.54) is 6.20 Å². The van der Waals surface area contributed by atoms with Crippen molar-refractivity contribution in [2.45, 2.75) is 0 Å². The maximum Gasteiger partial charge on any atom is 0.258 e. The maximum absolute atomic E-state index is 8.73. The van der Waals surface area contributed by atoms with Crippen LogP contribution in [0, 0.1) is 11.3 Å². The van der Waals surface area contributed by atoms with E-state index < -0.39 is 0 Å². The minimum atomic E-state index is 0.368. The molecule has 2 heterocycles. The highest BCUT2D eigenvalue weighted by Crippen LogP contribution is 2.20. The summed E-state index contributed by atoms with van der Waals surface area (Å²) in [4.78, 5) is 8.38. The summed E-state index contributed by atoms with van der Waals surface area (Å²) >= 11 is 0. The van der Waals surface area contributed by atoms with Gasteiger partial charge < -0.3 is 4.52 Å². The molecule has 1 aromatic carbocycles. The molecule has 3 rings (SSSR count). The molecule has 0 bridgehead atoms. The van der Waals surface area contributed by atoms with Gasteiger partial charge >= 0.3 is 0 Å². The first-order valence-corrected chi connectivity index (χ1v) is 5.82. The smallest absolute Gasteiger partial charge is 0.258 e. The van der Waals surface area contributed by atoms with Gasteiger partial charge in [-0.05, 0) is 18.2 Å². The Balaban J connectivity index is 1.95. The second kappa shape index (κ2) is 4.98. The average Bonchev–Trinajstić information content (AvgIpc) is 2.97. The Morgan fingerprint density at radius 1 is 1.20 bits per heavy atom. The molecule has 0 aliphatic carbocycles. The topological polar surface area (TPSA) is 75.6 Å². The molecular formula is C14H7BN4O. The summed E-state index contributed by atoms with van der Waals surface area (Å²) in [6.45, 7) is 0. The van der Waals surface area contributed by atoms with Crippen LogP contribution < -0.4 is 5.46 Å². The fraction of sp³-hybridized carbons (Fsp3) is 0. The molecule has 0 saturated heterocycles. The molecule has 0 amide bonds. The van der Waals surface area contributed by atoms with Crippen LogP contribution in [-0.2, 0) is 0 Å². The van der Waals surface area contributed by atoms with E-state index in [1.54, 1.807) is 24.3 Å². The lowest BCUT2D eigenvalue weighted by atomic mass is 9.94. The van der Waals surface area contributed by atoms with Crippen molar-refractivity contribution >= 4 is 13.3 Å². The number of nitriles is 1. The second-order valence-corrected chi connectivity index (χ2v) is 4.09. The first-order valence-electron chi connectivity index (χ1n) is 5.82. The largest absolute Gasteiger partial charge is 0.334 e. The summed E-state index contributed by atoms with van der Waals surface area (Å²) < 4.78 is 5.19. The standard InChI is InChI=1S/C14H7BN4O/c15-11-3-1-2-10(6-11)14-18-13(19-20-14)12-5-4-9(7-16)8-17-12/h1-6,8H. The molecule has 5 nitrogen and oxygen atoms in total. The van der Waals surface area contributed by atoms with Crippen molar-refractivity contribution < 1.29 is 4.52 Å². The van der Waals surface area contributed by atoms with Crippen LogP contribution in [0.15, 0.2) is 47.1 Å². The molecule has 0 aliphatic heterocycles. The van der Waals surface area contributed by atoms with Gasteiger partial charge in [-0.2, -0.15) is 10.2 Å². The van der Waals surface area contributed by atoms with Crippen LogP contribution in [0.3, 0.4) is 0 Å². The number of nitrogens with zero attached hydrogens (tertiary/aromatic N) is 4. The minimum Gasteiger partial charge on any atom is -0.334 e. The molecular weight excluding hydrogens is 251 g/mol. The van der Waals surface area contributed by atoms with Crippen LogP contribution in [0.1, 0.15) is 5.56 Å². The highest BCUT2D eigenvalue weighted by Gasteiger charge is 2.11. The highest BCUT2D eigenvalue weighted by atomic mass is 16.5. The van der Waals surface area contributed by atoms with Crippen LogP contribution in [0.2, 0.25) is 0 Å². The van der Waals surface area contributed by atoms with E-state index in [9.17, 15) is 0 Å². The number of hydrogen-bond acceptors (Lipinski definition) is 5. The summed E-state index contributed by atoms with van der Waals surface area (Å²) in [5.74, 6) is 0.741. The molecule has 3 aromatic rings. The Hall–Kier alpha value is -2.94. The number of rotatable bonds is 2. The summed E-state index contributed by atoms with van der Waals surface area (Å²) in [6.07, 6.45) is 1.46. The lowest BCUT2D eigenvalue weighted by Crippen LogP contribution is -2.00. The molecule has 92 valence electrons. The van der Waals surface area contributed by atoms with Crippen molar-refractivity contribution in [3.8, 4) is 29.0 Å². The van der Waals surface area contributed by atoms with Gasteiger partial charge in [0.25, 0.3) is 5.89 Å². The number of hydrogen-bond donors (Lipinski definition) is 0. The quantitative estimate of drug-likeness (QED) is 0.650. The third-order valence-corrected chi connectivity index (χ3v) is 2.68. The van der Waals surface area contributed by atoms with E-state index in [-0.39, 0.29) is 0 Å². The summed E-state index contributed by atoms with van der Waals surface area (Å²) in [7, 11) is 5.71.